The van der Waals surface area contributed by atoms with Crippen LogP contribution in [0, 0.1) is 0 Å². The molecule has 1 aromatic heterocycles. The van der Waals surface area contributed by atoms with Crippen LogP contribution in [-0.4, -0.2) is 27.1 Å². The fourth-order valence-electron chi connectivity index (χ4n) is 0.398. The Morgan fingerprint density at radius 3 is 2.90 bits per heavy atom. The van der Waals surface area contributed by atoms with Crippen LogP contribution in [0.25, 0.3) is 0 Å². The third-order valence-corrected chi connectivity index (χ3v) is 1.61. The maximum Gasteiger partial charge on any atom is 0.265 e. The molecule has 4 nitrogen and oxygen atoms in total. The highest BCUT2D eigenvalue weighted by Crippen LogP contribution is 2.19. The summed E-state index contributed by atoms with van der Waals surface area (Å²) in [5.74, 6) is 0.292. The molecule has 0 bridgehead atoms. The van der Waals surface area contributed by atoms with Crippen molar-refractivity contribution in [3.8, 4) is 5.88 Å². The topological polar surface area (TPSA) is 55.2 Å². The largest absolute Gasteiger partial charge is 0.472 e. The van der Waals surface area contributed by atoms with Gasteiger partial charge in [0.15, 0.2) is 0 Å². The summed E-state index contributed by atoms with van der Waals surface area (Å²) in [5.41, 5.74) is 0. The third kappa shape index (κ3) is 1.80. The molecule has 0 aromatic carbocycles. The molecule has 1 rings (SSSR count). The summed E-state index contributed by atoms with van der Waals surface area (Å²) in [6.45, 7) is 0.152. The summed E-state index contributed by atoms with van der Waals surface area (Å²) < 4.78 is 12.3. The monoisotopic (exact) mass is 180 g/mol. The van der Waals surface area contributed by atoms with Gasteiger partial charge in [0.1, 0.15) is 6.61 Å². The molecule has 0 aliphatic carbocycles. The molecule has 0 radical (unpaired) electrons. The first-order valence-corrected chi connectivity index (χ1v) is 3.67. The zero-order valence-electron chi connectivity index (χ0n) is 4.95. The van der Waals surface area contributed by atoms with E-state index in [9.17, 15) is 0 Å². The van der Waals surface area contributed by atoms with Gasteiger partial charge in [0.05, 0.1) is 18.3 Å². The van der Waals surface area contributed by atoms with Crippen LogP contribution in [0.4, 0.5) is 0 Å². The van der Waals surface area contributed by atoms with Crippen molar-refractivity contribution in [3.05, 3.63) is 5.15 Å². The molecule has 10 heavy (non-hydrogen) atoms. The van der Waals surface area contributed by atoms with Gasteiger partial charge in [-0.15, -0.1) is 4.37 Å². The van der Waals surface area contributed by atoms with Crippen molar-refractivity contribution in [2.75, 3.05) is 13.2 Å². The number of rotatable bonds is 3. The van der Waals surface area contributed by atoms with E-state index < -0.39 is 0 Å². The van der Waals surface area contributed by atoms with Gasteiger partial charge in [-0.3, -0.25) is 0 Å². The average molecular weight is 181 g/mol. The molecule has 56 valence electrons. The fraction of sp³-hybridized carbons (Fsp3) is 0.500. The fourth-order valence-corrected chi connectivity index (χ4v) is 1.04. The smallest absolute Gasteiger partial charge is 0.265 e. The molecule has 0 amide bonds. The van der Waals surface area contributed by atoms with Gasteiger partial charge in [0.25, 0.3) is 5.88 Å². The van der Waals surface area contributed by atoms with Gasteiger partial charge in [-0.1, -0.05) is 11.6 Å². The third-order valence-electron chi connectivity index (χ3n) is 0.751. The molecule has 0 aliphatic heterocycles. The van der Waals surface area contributed by atoms with E-state index in [1.165, 1.54) is 0 Å². The molecular weight excluding hydrogens is 176 g/mol. The second-order valence-electron chi connectivity index (χ2n) is 1.43. The summed E-state index contributed by atoms with van der Waals surface area (Å²) in [6.07, 6.45) is 0. The van der Waals surface area contributed by atoms with E-state index in [-0.39, 0.29) is 18.4 Å². The molecule has 0 fully saturated rings. The summed E-state index contributed by atoms with van der Waals surface area (Å²) in [5, 5.41) is 8.59. The molecule has 6 heteroatoms. The van der Waals surface area contributed by atoms with Gasteiger partial charge in [-0.25, -0.2) is 0 Å². The summed E-state index contributed by atoms with van der Waals surface area (Å²) in [4.78, 5) is 0. The van der Waals surface area contributed by atoms with E-state index >= 15 is 0 Å². The Balaban J connectivity index is 2.49. The van der Waals surface area contributed by atoms with Crippen molar-refractivity contribution in [2.45, 2.75) is 0 Å². The number of halogens is 1. The van der Waals surface area contributed by atoms with E-state index in [1.54, 1.807) is 0 Å². The molecule has 0 atom stereocenters. The van der Waals surface area contributed by atoms with E-state index in [4.69, 9.17) is 21.4 Å². The summed E-state index contributed by atoms with van der Waals surface area (Å²) in [7, 11) is 0. The first-order valence-electron chi connectivity index (χ1n) is 2.56. The molecule has 0 unspecified atom stereocenters. The Morgan fingerprint density at radius 1 is 1.60 bits per heavy atom. The SMILES string of the molecule is OCCOc1nsnc1Cl. The van der Waals surface area contributed by atoms with E-state index in [2.05, 4.69) is 8.75 Å². The highest BCUT2D eigenvalue weighted by molar-refractivity contribution is 6.99. The Kier molecular flexibility index (Phi) is 2.85. The van der Waals surface area contributed by atoms with Crippen LogP contribution >= 0.6 is 23.3 Å². The predicted octanol–water partition coefficient (Wildman–Crippen LogP) is 0.563. The van der Waals surface area contributed by atoms with Crippen LogP contribution in [0.15, 0.2) is 0 Å². The Labute approximate surface area is 66.7 Å². The molecule has 0 saturated heterocycles. The highest BCUT2D eigenvalue weighted by atomic mass is 35.5. The second kappa shape index (κ2) is 3.70. The number of aliphatic hydroxyl groups excluding tert-OH is 1. The van der Waals surface area contributed by atoms with Gasteiger partial charge < -0.3 is 9.84 Å². The second-order valence-corrected chi connectivity index (χ2v) is 2.32. The molecule has 0 spiro atoms. The van der Waals surface area contributed by atoms with Crippen molar-refractivity contribution in [1.82, 2.24) is 8.75 Å². The maximum atomic E-state index is 8.34. The van der Waals surface area contributed by atoms with Crippen molar-refractivity contribution in [3.63, 3.8) is 0 Å². The molecule has 1 aromatic rings. The normalized spacial score (nSPS) is 9.80. The maximum absolute atomic E-state index is 8.34. The van der Waals surface area contributed by atoms with E-state index in [1.807, 2.05) is 0 Å². The molecule has 1 heterocycles. The van der Waals surface area contributed by atoms with E-state index in [0.717, 1.165) is 11.7 Å². The van der Waals surface area contributed by atoms with Gasteiger partial charge >= 0.3 is 0 Å². The summed E-state index contributed by atoms with van der Waals surface area (Å²) >= 11 is 6.48. The quantitative estimate of drug-likeness (QED) is 0.739. The minimum atomic E-state index is -0.0478. The Bertz CT molecular complexity index is 205. The standard InChI is InChI=1S/C4H5ClN2O2S/c5-3-4(7-10-6-3)9-2-1-8/h8H,1-2H2. The van der Waals surface area contributed by atoms with Crippen LogP contribution < -0.4 is 4.74 Å². The first-order chi connectivity index (χ1) is 4.84. The Morgan fingerprint density at radius 2 is 2.40 bits per heavy atom. The molecule has 0 saturated carbocycles. The van der Waals surface area contributed by atoms with Crippen molar-refractivity contribution < 1.29 is 9.84 Å². The lowest BCUT2D eigenvalue weighted by atomic mass is 10.7. The number of ether oxygens (including phenoxy) is 1. The lowest BCUT2D eigenvalue weighted by Crippen LogP contribution is -2.01. The van der Waals surface area contributed by atoms with Gasteiger partial charge in [-0.2, -0.15) is 4.37 Å². The van der Waals surface area contributed by atoms with Crippen LogP contribution in [0.5, 0.6) is 5.88 Å². The average Bonchev–Trinajstić information content (AvgIpc) is 2.31. The van der Waals surface area contributed by atoms with Crippen molar-refractivity contribution in [1.29, 1.82) is 0 Å². The number of hydrogen-bond donors (Lipinski definition) is 1. The lowest BCUT2D eigenvalue weighted by Gasteiger charge is -1.96. The van der Waals surface area contributed by atoms with Gasteiger partial charge in [0.2, 0.25) is 5.15 Å². The van der Waals surface area contributed by atoms with Gasteiger partial charge in [0, 0.05) is 0 Å². The molecule has 0 aliphatic rings. The van der Waals surface area contributed by atoms with E-state index in [0.29, 0.717) is 5.88 Å². The van der Waals surface area contributed by atoms with Crippen LogP contribution in [0.1, 0.15) is 0 Å². The van der Waals surface area contributed by atoms with Crippen molar-refractivity contribution >= 4 is 23.3 Å². The minimum Gasteiger partial charge on any atom is -0.472 e. The van der Waals surface area contributed by atoms with Crippen LogP contribution in [0.3, 0.4) is 0 Å². The number of aromatic nitrogens is 2. The zero-order chi connectivity index (χ0) is 7.40. The summed E-state index contributed by atoms with van der Waals surface area (Å²) in [6, 6.07) is 0. The molecular formula is C4H5ClN2O2S. The highest BCUT2D eigenvalue weighted by Gasteiger charge is 2.04. The number of hydrogen-bond acceptors (Lipinski definition) is 5. The van der Waals surface area contributed by atoms with Gasteiger partial charge in [-0.05, 0) is 0 Å². The number of aliphatic hydroxyl groups is 1. The van der Waals surface area contributed by atoms with Crippen molar-refractivity contribution in [2.24, 2.45) is 0 Å². The predicted molar refractivity (Wildman–Crippen MR) is 37.5 cm³/mol. The molecule has 1 N–H and O–H groups in total. The zero-order valence-corrected chi connectivity index (χ0v) is 6.52. The number of nitrogens with zero attached hydrogens (tertiary/aromatic N) is 2. The lowest BCUT2D eigenvalue weighted by molar-refractivity contribution is 0.198. The van der Waals surface area contributed by atoms with Crippen LogP contribution in [0.2, 0.25) is 5.15 Å². The first kappa shape index (κ1) is 7.71. The van der Waals surface area contributed by atoms with Crippen LogP contribution in [-0.2, 0) is 0 Å². The minimum absolute atomic E-state index is 0.0478. The Hall–Kier alpha value is -0.390.